The number of carbonyl (C=O) groups is 1. The molecule has 1 amide bonds. The molecule has 1 fully saturated rings. The van der Waals surface area contributed by atoms with Gasteiger partial charge < -0.3 is 11.1 Å². The van der Waals surface area contributed by atoms with Crippen molar-refractivity contribution in [2.75, 3.05) is 0 Å². The lowest BCUT2D eigenvalue weighted by Gasteiger charge is -2.26. The van der Waals surface area contributed by atoms with Crippen molar-refractivity contribution in [2.24, 2.45) is 5.73 Å². The summed E-state index contributed by atoms with van der Waals surface area (Å²) in [6.45, 7) is 0. The average molecular weight is 288 g/mol. The Morgan fingerprint density at radius 1 is 1.33 bits per heavy atom. The first-order valence-corrected chi connectivity index (χ1v) is 6.69. The highest BCUT2D eigenvalue weighted by Gasteiger charge is 2.21. The molecule has 3 N–H and O–H groups in total. The first kappa shape index (κ1) is 13.6. The van der Waals surface area contributed by atoms with Crippen LogP contribution in [0.1, 0.15) is 36.0 Å². The molecular formula is C12H15Cl2N3O. The molecule has 98 valence electrons. The molecule has 0 unspecified atom stereocenters. The van der Waals surface area contributed by atoms with E-state index in [0.717, 1.165) is 25.7 Å². The van der Waals surface area contributed by atoms with Crippen molar-refractivity contribution in [1.29, 1.82) is 0 Å². The molecule has 1 aromatic heterocycles. The molecule has 1 saturated carbocycles. The minimum atomic E-state index is -0.204. The van der Waals surface area contributed by atoms with E-state index < -0.39 is 0 Å². The molecule has 6 heteroatoms. The van der Waals surface area contributed by atoms with Crippen molar-refractivity contribution in [2.45, 2.75) is 37.8 Å². The minimum Gasteiger partial charge on any atom is -0.349 e. The molecule has 0 aromatic carbocycles. The maximum absolute atomic E-state index is 12.1. The highest BCUT2D eigenvalue weighted by Crippen LogP contribution is 2.20. The van der Waals surface area contributed by atoms with Crippen LogP contribution in [0, 0.1) is 0 Å². The van der Waals surface area contributed by atoms with Crippen molar-refractivity contribution in [1.82, 2.24) is 10.3 Å². The topological polar surface area (TPSA) is 68.0 Å². The quantitative estimate of drug-likeness (QED) is 0.821. The number of amides is 1. The summed E-state index contributed by atoms with van der Waals surface area (Å²) in [5.74, 6) is -0.204. The molecule has 1 aromatic rings. The number of nitrogens with zero attached hydrogens (tertiary/aromatic N) is 1. The highest BCUT2D eigenvalue weighted by molar-refractivity contribution is 6.35. The summed E-state index contributed by atoms with van der Waals surface area (Å²) in [6, 6.07) is 1.91. The lowest BCUT2D eigenvalue weighted by molar-refractivity contribution is 0.0926. The Labute approximate surface area is 116 Å². The van der Waals surface area contributed by atoms with Gasteiger partial charge in [0, 0.05) is 18.3 Å². The van der Waals surface area contributed by atoms with Crippen LogP contribution in [0.3, 0.4) is 0 Å². The standard InChI is InChI=1S/C12H15Cl2N3O/c13-10-6-16-11(14)5-9(10)12(18)17-8-3-1-7(15)2-4-8/h5-8H,1-4,15H2,(H,17,18). The third-order valence-electron chi connectivity index (χ3n) is 3.17. The number of carbonyl (C=O) groups excluding carboxylic acids is 1. The van der Waals surface area contributed by atoms with Gasteiger partial charge in [-0.3, -0.25) is 4.79 Å². The van der Waals surface area contributed by atoms with Gasteiger partial charge in [-0.15, -0.1) is 0 Å². The molecule has 0 spiro atoms. The summed E-state index contributed by atoms with van der Waals surface area (Å²) in [4.78, 5) is 15.9. The average Bonchev–Trinajstić information content (AvgIpc) is 2.35. The number of hydrogen-bond donors (Lipinski definition) is 2. The van der Waals surface area contributed by atoms with Gasteiger partial charge in [-0.1, -0.05) is 23.2 Å². The number of nitrogens with one attached hydrogen (secondary N) is 1. The Kier molecular flexibility index (Phi) is 4.43. The van der Waals surface area contributed by atoms with Crippen LogP contribution in [0.4, 0.5) is 0 Å². The second kappa shape index (κ2) is 5.87. The molecule has 1 aliphatic carbocycles. The summed E-state index contributed by atoms with van der Waals surface area (Å²) in [7, 11) is 0. The minimum absolute atomic E-state index is 0.167. The molecule has 0 radical (unpaired) electrons. The molecule has 0 aliphatic heterocycles. The first-order chi connectivity index (χ1) is 8.56. The molecule has 0 saturated heterocycles. The van der Waals surface area contributed by atoms with Crippen molar-refractivity contribution in [3.05, 3.63) is 28.0 Å². The Bertz CT molecular complexity index is 445. The monoisotopic (exact) mass is 287 g/mol. The normalized spacial score (nSPS) is 23.7. The van der Waals surface area contributed by atoms with E-state index in [4.69, 9.17) is 28.9 Å². The van der Waals surface area contributed by atoms with Gasteiger partial charge >= 0.3 is 0 Å². The van der Waals surface area contributed by atoms with E-state index in [0.29, 0.717) is 10.6 Å². The zero-order valence-corrected chi connectivity index (χ0v) is 11.3. The fourth-order valence-electron chi connectivity index (χ4n) is 2.11. The Balaban J connectivity index is 2.01. The van der Waals surface area contributed by atoms with Crippen LogP contribution in [0.25, 0.3) is 0 Å². The lowest BCUT2D eigenvalue weighted by atomic mass is 9.91. The van der Waals surface area contributed by atoms with Gasteiger partial charge in [0.25, 0.3) is 5.91 Å². The van der Waals surface area contributed by atoms with E-state index in [9.17, 15) is 4.79 Å². The Hall–Kier alpha value is -0.840. The molecule has 4 nitrogen and oxygen atoms in total. The third kappa shape index (κ3) is 3.34. The Morgan fingerprint density at radius 3 is 2.67 bits per heavy atom. The largest absolute Gasteiger partial charge is 0.349 e. The number of aromatic nitrogens is 1. The van der Waals surface area contributed by atoms with Gasteiger partial charge in [0.15, 0.2) is 0 Å². The number of rotatable bonds is 2. The van der Waals surface area contributed by atoms with E-state index in [-0.39, 0.29) is 23.1 Å². The van der Waals surface area contributed by atoms with Crippen LogP contribution in [-0.4, -0.2) is 23.0 Å². The summed E-state index contributed by atoms with van der Waals surface area (Å²) in [5.41, 5.74) is 6.19. The predicted molar refractivity (Wildman–Crippen MR) is 72.0 cm³/mol. The number of halogens is 2. The van der Waals surface area contributed by atoms with Crippen molar-refractivity contribution < 1.29 is 4.79 Å². The molecule has 1 heterocycles. The van der Waals surface area contributed by atoms with Crippen LogP contribution in [0.15, 0.2) is 12.3 Å². The van der Waals surface area contributed by atoms with Crippen molar-refractivity contribution >= 4 is 29.1 Å². The number of pyridine rings is 1. The number of hydrogen-bond acceptors (Lipinski definition) is 3. The van der Waals surface area contributed by atoms with Gasteiger partial charge in [-0.05, 0) is 31.7 Å². The summed E-state index contributed by atoms with van der Waals surface area (Å²) >= 11 is 11.7. The Morgan fingerprint density at radius 2 is 2.00 bits per heavy atom. The molecular weight excluding hydrogens is 273 g/mol. The summed E-state index contributed by atoms with van der Waals surface area (Å²) in [6.07, 6.45) is 5.08. The van der Waals surface area contributed by atoms with E-state index in [1.165, 1.54) is 12.3 Å². The maximum atomic E-state index is 12.1. The second-order valence-corrected chi connectivity index (χ2v) is 5.37. The lowest BCUT2D eigenvalue weighted by Crippen LogP contribution is -2.40. The van der Waals surface area contributed by atoms with Gasteiger partial charge in [-0.2, -0.15) is 0 Å². The maximum Gasteiger partial charge on any atom is 0.253 e. The predicted octanol–water partition coefficient (Wildman–Crippen LogP) is 2.39. The molecule has 0 atom stereocenters. The SMILES string of the molecule is NC1CCC(NC(=O)c2cc(Cl)ncc2Cl)CC1. The smallest absolute Gasteiger partial charge is 0.253 e. The van der Waals surface area contributed by atoms with Crippen molar-refractivity contribution in [3.8, 4) is 0 Å². The van der Waals surface area contributed by atoms with Crippen LogP contribution in [-0.2, 0) is 0 Å². The van der Waals surface area contributed by atoms with Gasteiger partial charge in [-0.25, -0.2) is 4.98 Å². The first-order valence-electron chi connectivity index (χ1n) is 5.93. The van der Waals surface area contributed by atoms with E-state index >= 15 is 0 Å². The van der Waals surface area contributed by atoms with Crippen LogP contribution < -0.4 is 11.1 Å². The van der Waals surface area contributed by atoms with E-state index in [2.05, 4.69) is 10.3 Å². The molecule has 0 bridgehead atoms. The fourth-order valence-corrected chi connectivity index (χ4v) is 2.46. The molecule has 18 heavy (non-hydrogen) atoms. The second-order valence-electron chi connectivity index (χ2n) is 4.57. The summed E-state index contributed by atoms with van der Waals surface area (Å²) < 4.78 is 0. The van der Waals surface area contributed by atoms with Crippen molar-refractivity contribution in [3.63, 3.8) is 0 Å². The van der Waals surface area contributed by atoms with E-state index in [1.807, 2.05) is 0 Å². The zero-order valence-electron chi connectivity index (χ0n) is 9.83. The number of nitrogens with two attached hydrogens (primary N) is 1. The van der Waals surface area contributed by atoms with Gasteiger partial charge in [0.05, 0.1) is 10.6 Å². The van der Waals surface area contributed by atoms with Crippen LogP contribution in [0.5, 0.6) is 0 Å². The van der Waals surface area contributed by atoms with Gasteiger partial charge in [0.2, 0.25) is 0 Å². The zero-order chi connectivity index (χ0) is 13.1. The van der Waals surface area contributed by atoms with Gasteiger partial charge in [0.1, 0.15) is 5.15 Å². The highest BCUT2D eigenvalue weighted by atomic mass is 35.5. The third-order valence-corrected chi connectivity index (χ3v) is 3.68. The fraction of sp³-hybridized carbons (Fsp3) is 0.500. The summed E-state index contributed by atoms with van der Waals surface area (Å²) in [5, 5.41) is 3.53. The van der Waals surface area contributed by atoms with Crippen LogP contribution >= 0.6 is 23.2 Å². The van der Waals surface area contributed by atoms with Crippen LogP contribution in [0.2, 0.25) is 10.2 Å². The van der Waals surface area contributed by atoms with E-state index in [1.54, 1.807) is 0 Å². The molecule has 1 aliphatic rings. The molecule has 2 rings (SSSR count).